The Morgan fingerprint density at radius 2 is 1.81 bits per heavy atom. The molecule has 0 radical (unpaired) electrons. The first kappa shape index (κ1) is 22.4. The van der Waals surface area contributed by atoms with Crippen molar-refractivity contribution in [1.82, 2.24) is 14.7 Å². The van der Waals surface area contributed by atoms with E-state index in [1.54, 1.807) is 36.1 Å². The lowest BCUT2D eigenvalue weighted by Crippen LogP contribution is -2.28. The van der Waals surface area contributed by atoms with Crippen molar-refractivity contribution >= 4 is 11.6 Å². The second kappa shape index (κ2) is 10.6. The van der Waals surface area contributed by atoms with E-state index in [-0.39, 0.29) is 5.91 Å². The molecule has 0 unspecified atom stereocenters. The summed E-state index contributed by atoms with van der Waals surface area (Å²) in [4.78, 5) is 15.1. The third kappa shape index (κ3) is 5.64. The van der Waals surface area contributed by atoms with Crippen LogP contribution in [0.3, 0.4) is 0 Å². The SMILES string of the molecule is CCN(CC)CCOc1cc(NC(=O)c2cc(C)n(-c3ccccc3)n2)ccc1OC. The lowest BCUT2D eigenvalue weighted by atomic mass is 10.2. The predicted molar refractivity (Wildman–Crippen MR) is 123 cm³/mol. The molecule has 0 aliphatic carbocycles. The molecule has 2 aromatic carbocycles. The summed E-state index contributed by atoms with van der Waals surface area (Å²) in [5.41, 5.74) is 2.76. The van der Waals surface area contributed by atoms with Gasteiger partial charge in [0.2, 0.25) is 0 Å². The fourth-order valence-electron chi connectivity index (χ4n) is 3.30. The molecule has 1 N–H and O–H groups in total. The number of aromatic nitrogens is 2. The number of para-hydroxylation sites is 1. The summed E-state index contributed by atoms with van der Waals surface area (Å²) in [6.07, 6.45) is 0. The van der Waals surface area contributed by atoms with Gasteiger partial charge in [-0.3, -0.25) is 4.79 Å². The summed E-state index contributed by atoms with van der Waals surface area (Å²) >= 11 is 0. The average Bonchev–Trinajstić information content (AvgIpc) is 3.19. The van der Waals surface area contributed by atoms with Crippen molar-refractivity contribution in [2.45, 2.75) is 20.8 Å². The van der Waals surface area contributed by atoms with E-state index >= 15 is 0 Å². The van der Waals surface area contributed by atoms with Crippen LogP contribution in [-0.4, -0.2) is 53.9 Å². The van der Waals surface area contributed by atoms with Gasteiger partial charge in [-0.05, 0) is 50.3 Å². The van der Waals surface area contributed by atoms with E-state index in [9.17, 15) is 4.79 Å². The van der Waals surface area contributed by atoms with E-state index in [0.29, 0.717) is 29.5 Å². The van der Waals surface area contributed by atoms with Gasteiger partial charge in [0.1, 0.15) is 6.61 Å². The highest BCUT2D eigenvalue weighted by atomic mass is 16.5. The van der Waals surface area contributed by atoms with E-state index in [2.05, 4.69) is 29.2 Å². The Balaban J connectivity index is 1.71. The van der Waals surface area contributed by atoms with Crippen LogP contribution in [0.25, 0.3) is 5.69 Å². The van der Waals surface area contributed by atoms with Crippen LogP contribution in [-0.2, 0) is 0 Å². The van der Waals surface area contributed by atoms with E-state index in [4.69, 9.17) is 9.47 Å². The first-order chi connectivity index (χ1) is 15.0. The van der Waals surface area contributed by atoms with Crippen LogP contribution in [0.2, 0.25) is 0 Å². The van der Waals surface area contributed by atoms with Crippen molar-refractivity contribution in [2.75, 3.05) is 38.7 Å². The topological polar surface area (TPSA) is 68.6 Å². The van der Waals surface area contributed by atoms with Gasteiger partial charge in [0.05, 0.1) is 12.8 Å². The number of rotatable bonds is 10. The minimum atomic E-state index is -0.281. The number of ether oxygens (including phenoxy) is 2. The van der Waals surface area contributed by atoms with Crippen molar-refractivity contribution in [3.8, 4) is 17.2 Å². The maximum absolute atomic E-state index is 12.8. The van der Waals surface area contributed by atoms with Crippen molar-refractivity contribution in [3.05, 3.63) is 66.0 Å². The van der Waals surface area contributed by atoms with Crippen LogP contribution >= 0.6 is 0 Å². The molecule has 0 saturated heterocycles. The summed E-state index contributed by atoms with van der Waals surface area (Å²) in [6, 6.07) is 16.9. The molecule has 0 spiro atoms. The largest absolute Gasteiger partial charge is 0.493 e. The summed E-state index contributed by atoms with van der Waals surface area (Å²) in [7, 11) is 1.60. The molecule has 164 valence electrons. The van der Waals surface area contributed by atoms with Crippen LogP contribution in [0.15, 0.2) is 54.6 Å². The second-order valence-corrected chi connectivity index (χ2v) is 7.11. The molecule has 0 aliphatic heterocycles. The number of nitrogens with zero attached hydrogens (tertiary/aromatic N) is 3. The molecular formula is C24H30N4O3. The Bertz CT molecular complexity index is 997. The number of hydrogen-bond acceptors (Lipinski definition) is 5. The molecular weight excluding hydrogens is 392 g/mol. The Hall–Kier alpha value is -3.32. The second-order valence-electron chi connectivity index (χ2n) is 7.11. The number of methoxy groups -OCH3 is 1. The van der Waals surface area contributed by atoms with Crippen LogP contribution in [0.5, 0.6) is 11.5 Å². The molecule has 7 heteroatoms. The van der Waals surface area contributed by atoms with E-state index in [1.807, 2.05) is 37.3 Å². The van der Waals surface area contributed by atoms with Crippen molar-refractivity contribution in [1.29, 1.82) is 0 Å². The Morgan fingerprint density at radius 1 is 1.06 bits per heavy atom. The number of anilines is 1. The van der Waals surface area contributed by atoms with E-state index < -0.39 is 0 Å². The third-order valence-corrected chi connectivity index (χ3v) is 5.10. The zero-order chi connectivity index (χ0) is 22.2. The van der Waals surface area contributed by atoms with Gasteiger partial charge >= 0.3 is 0 Å². The van der Waals surface area contributed by atoms with Crippen LogP contribution in [0, 0.1) is 6.92 Å². The zero-order valence-electron chi connectivity index (χ0n) is 18.6. The Morgan fingerprint density at radius 3 is 2.48 bits per heavy atom. The summed E-state index contributed by atoms with van der Waals surface area (Å²) in [6.45, 7) is 9.48. The smallest absolute Gasteiger partial charge is 0.276 e. The maximum atomic E-state index is 12.8. The van der Waals surface area contributed by atoms with Crippen LogP contribution < -0.4 is 14.8 Å². The molecule has 0 atom stereocenters. The highest BCUT2D eigenvalue weighted by Crippen LogP contribution is 2.30. The Kier molecular flexibility index (Phi) is 7.67. The van der Waals surface area contributed by atoms with Gasteiger partial charge in [-0.25, -0.2) is 4.68 Å². The lowest BCUT2D eigenvalue weighted by Gasteiger charge is -2.19. The minimum Gasteiger partial charge on any atom is -0.493 e. The number of hydrogen-bond donors (Lipinski definition) is 1. The van der Waals surface area contributed by atoms with E-state index in [0.717, 1.165) is 31.0 Å². The van der Waals surface area contributed by atoms with Gasteiger partial charge in [0.15, 0.2) is 17.2 Å². The quantitative estimate of drug-likeness (QED) is 0.531. The fourth-order valence-corrected chi connectivity index (χ4v) is 3.30. The molecule has 0 aliphatic rings. The molecule has 1 heterocycles. The summed E-state index contributed by atoms with van der Waals surface area (Å²) in [5.74, 6) is 0.942. The van der Waals surface area contributed by atoms with Gasteiger partial charge in [-0.15, -0.1) is 0 Å². The maximum Gasteiger partial charge on any atom is 0.276 e. The molecule has 3 rings (SSSR count). The molecule has 31 heavy (non-hydrogen) atoms. The lowest BCUT2D eigenvalue weighted by molar-refractivity contribution is 0.102. The molecule has 1 aromatic heterocycles. The van der Waals surface area contributed by atoms with Crippen LogP contribution in [0.4, 0.5) is 5.69 Å². The molecule has 1 amide bonds. The zero-order valence-corrected chi connectivity index (χ0v) is 18.6. The number of benzene rings is 2. The van der Waals surface area contributed by atoms with E-state index in [1.165, 1.54) is 0 Å². The number of likely N-dealkylation sites (N-methyl/N-ethyl adjacent to an activating group) is 1. The first-order valence-corrected chi connectivity index (χ1v) is 10.5. The summed E-state index contributed by atoms with van der Waals surface area (Å²) < 4.78 is 13.1. The number of carbonyl (C=O) groups excluding carboxylic acids is 1. The molecule has 7 nitrogen and oxygen atoms in total. The number of carbonyl (C=O) groups is 1. The number of amides is 1. The average molecular weight is 423 g/mol. The highest BCUT2D eigenvalue weighted by molar-refractivity contribution is 6.03. The highest BCUT2D eigenvalue weighted by Gasteiger charge is 2.15. The summed E-state index contributed by atoms with van der Waals surface area (Å²) in [5, 5.41) is 7.37. The monoisotopic (exact) mass is 422 g/mol. The van der Waals surface area contributed by atoms with Crippen LogP contribution in [0.1, 0.15) is 30.0 Å². The third-order valence-electron chi connectivity index (χ3n) is 5.10. The fraction of sp³-hybridized carbons (Fsp3) is 0.333. The number of nitrogens with one attached hydrogen (secondary N) is 1. The Labute approximate surface area is 183 Å². The molecule has 0 fully saturated rings. The van der Waals surface area contributed by atoms with Gasteiger partial charge in [0, 0.05) is 24.0 Å². The minimum absolute atomic E-state index is 0.281. The molecule has 0 saturated carbocycles. The first-order valence-electron chi connectivity index (χ1n) is 10.5. The van der Waals surface area contributed by atoms with Crippen molar-refractivity contribution in [2.24, 2.45) is 0 Å². The number of aryl methyl sites for hydroxylation is 1. The normalized spacial score (nSPS) is 10.9. The van der Waals surface area contributed by atoms with Crippen molar-refractivity contribution < 1.29 is 14.3 Å². The van der Waals surface area contributed by atoms with Gasteiger partial charge in [-0.1, -0.05) is 32.0 Å². The van der Waals surface area contributed by atoms with Gasteiger partial charge < -0.3 is 19.7 Å². The molecule has 0 bridgehead atoms. The standard InChI is InChI=1S/C24H30N4O3/c1-5-27(6-2)14-15-31-23-17-19(12-13-22(23)30-4)25-24(29)21-16-18(3)28(26-21)20-10-8-7-9-11-20/h7-13,16-17H,5-6,14-15H2,1-4H3,(H,25,29). The predicted octanol–water partition coefficient (Wildman–Crippen LogP) is 4.16. The van der Waals surface area contributed by atoms with Crippen molar-refractivity contribution in [3.63, 3.8) is 0 Å². The van der Waals surface area contributed by atoms with Gasteiger partial charge in [0.25, 0.3) is 5.91 Å². The molecule has 3 aromatic rings. The van der Waals surface area contributed by atoms with Gasteiger partial charge in [-0.2, -0.15) is 5.10 Å².